The van der Waals surface area contributed by atoms with Crippen molar-refractivity contribution in [1.29, 1.82) is 0 Å². The van der Waals surface area contributed by atoms with Gasteiger partial charge in [-0.05, 0) is 55.2 Å². The Kier molecular flexibility index (Phi) is 9.49. The molecule has 0 spiro atoms. The lowest BCUT2D eigenvalue weighted by Gasteiger charge is -2.27. The van der Waals surface area contributed by atoms with Gasteiger partial charge in [0.15, 0.2) is 0 Å². The smallest absolute Gasteiger partial charge is 0.252 e. The molecule has 0 saturated heterocycles. The van der Waals surface area contributed by atoms with E-state index in [-0.39, 0.29) is 18.7 Å². The van der Waals surface area contributed by atoms with Gasteiger partial charge in [-0.15, -0.1) is 0 Å². The molecule has 4 rings (SSSR count). The lowest BCUT2D eigenvalue weighted by molar-refractivity contribution is -0.125. The van der Waals surface area contributed by atoms with Crippen molar-refractivity contribution in [3.05, 3.63) is 95.3 Å². The number of hydrogen-bond acceptors (Lipinski definition) is 4. The third-order valence-corrected chi connectivity index (χ3v) is 6.86. The van der Waals surface area contributed by atoms with Gasteiger partial charge in [0.1, 0.15) is 17.3 Å². The van der Waals surface area contributed by atoms with E-state index in [9.17, 15) is 19.1 Å². The number of rotatable bonds is 11. The van der Waals surface area contributed by atoms with E-state index in [4.69, 9.17) is 4.74 Å². The van der Waals surface area contributed by atoms with Gasteiger partial charge < -0.3 is 20.5 Å². The van der Waals surface area contributed by atoms with E-state index in [2.05, 4.69) is 10.6 Å². The zero-order valence-corrected chi connectivity index (χ0v) is 22.3. The molecule has 39 heavy (non-hydrogen) atoms. The van der Waals surface area contributed by atoms with Crippen molar-refractivity contribution in [2.24, 2.45) is 5.92 Å². The average molecular weight is 531 g/mol. The summed E-state index contributed by atoms with van der Waals surface area (Å²) in [5, 5.41) is 17.1. The maximum Gasteiger partial charge on any atom is 0.252 e. The molecule has 0 fully saturated rings. The van der Waals surface area contributed by atoms with Crippen LogP contribution >= 0.6 is 0 Å². The van der Waals surface area contributed by atoms with Crippen molar-refractivity contribution in [2.45, 2.75) is 51.7 Å². The molecule has 0 aromatic heterocycles. The molecule has 3 atom stereocenters. The number of benzene rings is 3. The highest BCUT2D eigenvalue weighted by molar-refractivity contribution is 6.25. The predicted molar refractivity (Wildman–Crippen MR) is 151 cm³/mol. The number of hydrogen-bond donors (Lipinski definition) is 3. The maximum atomic E-state index is 14.0. The third kappa shape index (κ3) is 7.33. The first-order valence-electron chi connectivity index (χ1n) is 13.4. The van der Waals surface area contributed by atoms with Crippen LogP contribution in [0.15, 0.2) is 72.8 Å². The molecule has 1 aliphatic heterocycles. The number of amides is 2. The molecule has 2 amide bonds. The van der Waals surface area contributed by atoms with Crippen LogP contribution in [0.5, 0.6) is 11.5 Å². The summed E-state index contributed by atoms with van der Waals surface area (Å²) in [7, 11) is 0. The van der Waals surface area contributed by atoms with Crippen LogP contribution in [-0.2, 0) is 16.0 Å². The molecule has 0 aliphatic carbocycles. The van der Waals surface area contributed by atoms with Gasteiger partial charge in [0, 0.05) is 23.6 Å². The van der Waals surface area contributed by atoms with Crippen LogP contribution in [0.1, 0.15) is 49.8 Å². The number of carbonyl (C=O) groups is 2. The molecule has 0 radical (unpaired) electrons. The predicted octanol–water partition coefficient (Wildman–Crippen LogP) is 5.50. The molecule has 1 aliphatic rings. The van der Waals surface area contributed by atoms with E-state index in [1.54, 1.807) is 31.2 Å². The molecular weight excluding hydrogens is 495 g/mol. The van der Waals surface area contributed by atoms with E-state index in [0.717, 1.165) is 18.4 Å². The Morgan fingerprint density at radius 1 is 1.00 bits per heavy atom. The van der Waals surface area contributed by atoms with E-state index < -0.39 is 29.8 Å². The minimum absolute atomic E-state index is 0.139. The standard InChI is InChI=1S/C32H35FN2O4/c1-3-4-16-34-31(37)21(2)17-28(36)27(19-22-10-9-12-24(33)18-22)35-32(38)26-20-23-11-5-7-14-29(23)39-30-15-8-6-13-25(26)30/h5-15,18,20-21,27-28,36H,3-4,16-17,19H2,1-2H3,(H,34,37)(H,35,38). The molecule has 3 N–H and O–H groups in total. The summed E-state index contributed by atoms with van der Waals surface area (Å²) in [5.41, 5.74) is 2.38. The van der Waals surface area contributed by atoms with Gasteiger partial charge >= 0.3 is 0 Å². The number of ether oxygens (including phenoxy) is 1. The van der Waals surface area contributed by atoms with E-state index in [1.165, 1.54) is 12.1 Å². The zero-order chi connectivity index (χ0) is 27.8. The molecule has 3 unspecified atom stereocenters. The van der Waals surface area contributed by atoms with Gasteiger partial charge in [0.25, 0.3) is 5.91 Å². The molecule has 6 nitrogen and oxygen atoms in total. The van der Waals surface area contributed by atoms with Crippen LogP contribution in [0.2, 0.25) is 0 Å². The number of carbonyl (C=O) groups excluding carboxylic acids is 2. The van der Waals surface area contributed by atoms with Gasteiger partial charge in [-0.2, -0.15) is 0 Å². The topological polar surface area (TPSA) is 87.7 Å². The van der Waals surface area contributed by atoms with Crippen LogP contribution in [0.3, 0.4) is 0 Å². The van der Waals surface area contributed by atoms with Gasteiger partial charge in [0.2, 0.25) is 5.91 Å². The summed E-state index contributed by atoms with van der Waals surface area (Å²) in [6, 6.07) is 20.0. The number of para-hydroxylation sites is 2. The number of aliphatic hydroxyl groups is 1. The van der Waals surface area contributed by atoms with Gasteiger partial charge in [-0.3, -0.25) is 9.59 Å². The van der Waals surface area contributed by atoms with Crippen molar-refractivity contribution in [3.8, 4) is 11.5 Å². The van der Waals surface area contributed by atoms with Crippen LogP contribution in [0, 0.1) is 11.7 Å². The highest BCUT2D eigenvalue weighted by atomic mass is 19.1. The number of aliphatic hydroxyl groups excluding tert-OH is 1. The molecule has 3 aromatic carbocycles. The summed E-state index contributed by atoms with van der Waals surface area (Å²) in [6.45, 7) is 4.38. The first kappa shape index (κ1) is 28.0. The van der Waals surface area contributed by atoms with Crippen molar-refractivity contribution in [1.82, 2.24) is 10.6 Å². The van der Waals surface area contributed by atoms with Crippen LogP contribution in [0.25, 0.3) is 11.6 Å². The quantitative estimate of drug-likeness (QED) is 0.286. The second-order valence-corrected chi connectivity index (χ2v) is 9.96. The summed E-state index contributed by atoms with van der Waals surface area (Å²) >= 11 is 0. The SMILES string of the molecule is CCCCNC(=O)C(C)CC(O)C(Cc1cccc(F)c1)NC(=O)C1=Cc2ccccc2Oc2ccccc21. The van der Waals surface area contributed by atoms with E-state index in [1.807, 2.05) is 49.4 Å². The molecule has 0 bridgehead atoms. The Morgan fingerprint density at radius 3 is 2.51 bits per heavy atom. The summed E-state index contributed by atoms with van der Waals surface area (Å²) in [5.74, 6) is -0.238. The molecule has 0 saturated carbocycles. The number of halogens is 1. The highest BCUT2D eigenvalue weighted by Crippen LogP contribution is 2.38. The molecule has 204 valence electrons. The minimum atomic E-state index is -1.05. The van der Waals surface area contributed by atoms with Crippen LogP contribution < -0.4 is 15.4 Å². The second kappa shape index (κ2) is 13.2. The van der Waals surface area contributed by atoms with Gasteiger partial charge in [0.05, 0.1) is 17.7 Å². The first-order valence-corrected chi connectivity index (χ1v) is 13.4. The second-order valence-electron chi connectivity index (χ2n) is 9.96. The Morgan fingerprint density at radius 2 is 1.74 bits per heavy atom. The summed E-state index contributed by atoms with van der Waals surface area (Å²) in [4.78, 5) is 26.3. The first-order chi connectivity index (χ1) is 18.9. The van der Waals surface area contributed by atoms with Crippen molar-refractivity contribution in [3.63, 3.8) is 0 Å². The largest absolute Gasteiger partial charge is 0.456 e. The monoisotopic (exact) mass is 530 g/mol. The summed E-state index contributed by atoms with van der Waals surface area (Å²) in [6.07, 6.45) is 2.90. The Labute approximate surface area is 228 Å². The molecule has 7 heteroatoms. The molecule has 1 heterocycles. The van der Waals surface area contributed by atoms with Crippen LogP contribution in [-0.4, -0.2) is 35.6 Å². The van der Waals surface area contributed by atoms with Gasteiger partial charge in [-0.25, -0.2) is 4.39 Å². The average Bonchev–Trinajstić information content (AvgIpc) is 3.09. The number of unbranched alkanes of at least 4 members (excludes halogenated alkanes) is 1. The fourth-order valence-corrected chi connectivity index (χ4v) is 4.65. The number of fused-ring (bicyclic) bond motifs is 2. The lowest BCUT2D eigenvalue weighted by Crippen LogP contribution is -2.46. The molecule has 3 aromatic rings. The van der Waals surface area contributed by atoms with Crippen LogP contribution in [0.4, 0.5) is 4.39 Å². The Balaban J connectivity index is 1.60. The summed E-state index contributed by atoms with van der Waals surface area (Å²) < 4.78 is 20.1. The van der Waals surface area contributed by atoms with E-state index >= 15 is 0 Å². The normalized spacial score (nSPS) is 14.4. The van der Waals surface area contributed by atoms with Crippen molar-refractivity contribution < 1.29 is 23.8 Å². The van der Waals surface area contributed by atoms with E-state index in [0.29, 0.717) is 34.7 Å². The number of nitrogens with one attached hydrogen (secondary N) is 2. The zero-order valence-electron chi connectivity index (χ0n) is 22.3. The molecular formula is C32H35FN2O4. The minimum Gasteiger partial charge on any atom is -0.456 e. The highest BCUT2D eigenvalue weighted by Gasteiger charge is 2.29. The van der Waals surface area contributed by atoms with Crippen molar-refractivity contribution in [2.75, 3.05) is 6.54 Å². The lowest BCUT2D eigenvalue weighted by atomic mass is 9.92. The maximum absolute atomic E-state index is 14.0. The fourth-order valence-electron chi connectivity index (χ4n) is 4.65. The fraction of sp³-hybridized carbons (Fsp3) is 0.312. The van der Waals surface area contributed by atoms with Gasteiger partial charge in [-0.1, -0.05) is 68.8 Å². The van der Waals surface area contributed by atoms with Crippen molar-refractivity contribution >= 4 is 23.5 Å². The Hall–Kier alpha value is -3.97. The Bertz CT molecular complexity index is 1340. The third-order valence-electron chi connectivity index (χ3n) is 6.86.